The number of rotatable bonds is 2. The average Bonchev–Trinajstić information content (AvgIpc) is 2.76. The third-order valence-electron chi connectivity index (χ3n) is 3.57. The van der Waals surface area contributed by atoms with E-state index >= 15 is 0 Å². The van der Waals surface area contributed by atoms with E-state index in [9.17, 15) is 4.79 Å². The smallest absolute Gasteiger partial charge is 0.241 e. The quantitative estimate of drug-likeness (QED) is 0.889. The fourth-order valence-electron chi connectivity index (χ4n) is 2.63. The van der Waals surface area contributed by atoms with Crippen molar-refractivity contribution in [1.82, 2.24) is 10.2 Å². The molecule has 1 aromatic carbocycles. The number of hydrogen-bond donors (Lipinski definition) is 1. The van der Waals surface area contributed by atoms with Crippen molar-refractivity contribution >= 4 is 21.8 Å². The van der Waals surface area contributed by atoms with Crippen molar-refractivity contribution in [2.75, 3.05) is 26.9 Å². The molecular weight excluding hydrogens is 312 g/mol. The number of benzene rings is 1. The number of carbonyl (C=O) groups is 1. The van der Waals surface area contributed by atoms with Crippen LogP contribution in [-0.2, 0) is 9.53 Å². The topological polar surface area (TPSA) is 50.8 Å². The molecule has 0 unspecified atom stereocenters. The van der Waals surface area contributed by atoms with E-state index in [0.717, 1.165) is 22.3 Å². The van der Waals surface area contributed by atoms with E-state index in [1.807, 2.05) is 18.2 Å². The summed E-state index contributed by atoms with van der Waals surface area (Å²) in [5.41, 5.74) is 0.975. The number of halogens is 1. The van der Waals surface area contributed by atoms with Gasteiger partial charge in [0.1, 0.15) is 18.0 Å². The lowest BCUT2D eigenvalue weighted by molar-refractivity contribution is -0.125. The summed E-state index contributed by atoms with van der Waals surface area (Å²) < 4.78 is 11.7. The molecule has 2 fully saturated rings. The number of nitrogens with zero attached hydrogens (tertiary/aromatic N) is 1. The van der Waals surface area contributed by atoms with Crippen LogP contribution in [0.15, 0.2) is 22.7 Å². The number of ether oxygens (including phenoxy) is 2. The minimum absolute atomic E-state index is 0.0228. The maximum Gasteiger partial charge on any atom is 0.241 e. The van der Waals surface area contributed by atoms with Crippen LogP contribution in [0.3, 0.4) is 0 Å². The van der Waals surface area contributed by atoms with Gasteiger partial charge in [0.05, 0.1) is 20.3 Å². The Balaban J connectivity index is 1.95. The van der Waals surface area contributed by atoms with Crippen LogP contribution in [0, 0.1) is 0 Å². The number of amides is 1. The standard InChI is InChI=1S/C13H15BrN2O3/c1-18-11-6-8(14)2-3-9(11)12-15-13(17)10-7-19-5-4-16(10)12/h2-3,6,10,12H,4-5,7H2,1H3,(H,15,17)/t10-,12-/m0/s1. The molecule has 2 atom stereocenters. The predicted molar refractivity (Wildman–Crippen MR) is 72.9 cm³/mol. The summed E-state index contributed by atoms with van der Waals surface area (Å²) in [5.74, 6) is 0.793. The Kier molecular flexibility index (Phi) is 3.47. The van der Waals surface area contributed by atoms with E-state index in [1.54, 1.807) is 7.11 Å². The second-order valence-corrected chi connectivity index (χ2v) is 5.54. The summed E-state index contributed by atoms with van der Waals surface area (Å²) in [5, 5.41) is 3.02. The zero-order chi connectivity index (χ0) is 13.4. The molecule has 3 rings (SSSR count). The van der Waals surface area contributed by atoms with Crippen molar-refractivity contribution in [2.24, 2.45) is 0 Å². The molecule has 2 heterocycles. The summed E-state index contributed by atoms with van der Waals surface area (Å²) in [6, 6.07) is 5.66. The first-order valence-corrected chi connectivity index (χ1v) is 6.97. The van der Waals surface area contributed by atoms with E-state index in [2.05, 4.69) is 26.1 Å². The van der Waals surface area contributed by atoms with Crippen LogP contribution in [0.1, 0.15) is 11.7 Å². The third-order valence-corrected chi connectivity index (χ3v) is 4.07. The first kappa shape index (κ1) is 12.9. The molecular formula is C13H15BrN2O3. The van der Waals surface area contributed by atoms with Crippen LogP contribution >= 0.6 is 15.9 Å². The van der Waals surface area contributed by atoms with Crippen molar-refractivity contribution in [3.8, 4) is 5.75 Å². The van der Waals surface area contributed by atoms with Crippen molar-refractivity contribution in [3.05, 3.63) is 28.2 Å². The van der Waals surface area contributed by atoms with E-state index in [0.29, 0.717) is 13.2 Å². The van der Waals surface area contributed by atoms with Gasteiger partial charge in [-0.15, -0.1) is 0 Å². The normalized spacial score (nSPS) is 26.9. The van der Waals surface area contributed by atoms with E-state index in [4.69, 9.17) is 9.47 Å². The molecule has 2 saturated heterocycles. The lowest BCUT2D eigenvalue weighted by Crippen LogP contribution is -2.44. The Hall–Kier alpha value is -1.11. The molecule has 1 aromatic rings. The first-order valence-electron chi connectivity index (χ1n) is 6.18. The molecule has 5 nitrogen and oxygen atoms in total. The monoisotopic (exact) mass is 326 g/mol. The van der Waals surface area contributed by atoms with Gasteiger partial charge in [-0.3, -0.25) is 9.69 Å². The number of fused-ring (bicyclic) bond motifs is 1. The summed E-state index contributed by atoms with van der Waals surface area (Å²) >= 11 is 3.43. The molecule has 1 amide bonds. The highest BCUT2D eigenvalue weighted by molar-refractivity contribution is 9.10. The molecule has 19 heavy (non-hydrogen) atoms. The number of morpholine rings is 1. The highest BCUT2D eigenvalue weighted by Gasteiger charge is 2.43. The molecule has 6 heteroatoms. The average molecular weight is 327 g/mol. The largest absolute Gasteiger partial charge is 0.496 e. The van der Waals surface area contributed by atoms with Gasteiger partial charge in [0.2, 0.25) is 5.91 Å². The fourth-order valence-corrected chi connectivity index (χ4v) is 2.97. The molecule has 102 valence electrons. The Morgan fingerprint density at radius 1 is 1.53 bits per heavy atom. The van der Waals surface area contributed by atoms with Gasteiger partial charge < -0.3 is 14.8 Å². The van der Waals surface area contributed by atoms with Gasteiger partial charge in [0.15, 0.2) is 0 Å². The van der Waals surface area contributed by atoms with E-state index < -0.39 is 0 Å². The van der Waals surface area contributed by atoms with Crippen LogP contribution in [0.5, 0.6) is 5.75 Å². The Morgan fingerprint density at radius 2 is 2.37 bits per heavy atom. The number of carbonyl (C=O) groups excluding carboxylic acids is 1. The zero-order valence-corrected chi connectivity index (χ0v) is 12.1. The highest BCUT2D eigenvalue weighted by Crippen LogP contribution is 2.35. The molecule has 0 radical (unpaired) electrons. The molecule has 2 aliphatic rings. The number of hydrogen-bond acceptors (Lipinski definition) is 4. The Bertz CT molecular complexity index is 509. The van der Waals surface area contributed by atoms with Crippen molar-refractivity contribution in [1.29, 1.82) is 0 Å². The lowest BCUT2D eigenvalue weighted by atomic mass is 10.1. The van der Waals surface area contributed by atoms with Crippen molar-refractivity contribution in [3.63, 3.8) is 0 Å². The third kappa shape index (κ3) is 2.24. The van der Waals surface area contributed by atoms with Crippen LogP contribution in [0.2, 0.25) is 0 Å². The number of methoxy groups -OCH3 is 1. The lowest BCUT2D eigenvalue weighted by Gasteiger charge is -2.31. The van der Waals surface area contributed by atoms with Crippen LogP contribution < -0.4 is 10.1 Å². The van der Waals surface area contributed by atoms with Gasteiger partial charge in [0, 0.05) is 16.6 Å². The van der Waals surface area contributed by atoms with Crippen molar-refractivity contribution in [2.45, 2.75) is 12.2 Å². The fraction of sp³-hybridized carbons (Fsp3) is 0.462. The Morgan fingerprint density at radius 3 is 3.16 bits per heavy atom. The minimum Gasteiger partial charge on any atom is -0.496 e. The maximum atomic E-state index is 12.0. The summed E-state index contributed by atoms with van der Waals surface area (Å²) in [6.45, 7) is 1.86. The van der Waals surface area contributed by atoms with Gasteiger partial charge >= 0.3 is 0 Å². The van der Waals surface area contributed by atoms with E-state index in [1.165, 1.54) is 0 Å². The second-order valence-electron chi connectivity index (χ2n) is 4.63. The van der Waals surface area contributed by atoms with Crippen LogP contribution in [-0.4, -0.2) is 43.7 Å². The van der Waals surface area contributed by atoms with Crippen LogP contribution in [0.25, 0.3) is 0 Å². The summed E-state index contributed by atoms with van der Waals surface area (Å²) in [6.07, 6.45) is -0.135. The van der Waals surface area contributed by atoms with Gasteiger partial charge in [0.25, 0.3) is 0 Å². The molecule has 0 spiro atoms. The molecule has 0 bridgehead atoms. The highest BCUT2D eigenvalue weighted by atomic mass is 79.9. The second kappa shape index (κ2) is 5.11. The molecule has 0 aliphatic carbocycles. The van der Waals surface area contributed by atoms with Gasteiger partial charge in [-0.25, -0.2) is 0 Å². The SMILES string of the molecule is COc1cc(Br)ccc1[C@H]1NC(=O)[C@@H]2COCCN12. The van der Waals surface area contributed by atoms with Gasteiger partial charge in [-0.05, 0) is 12.1 Å². The molecule has 0 saturated carbocycles. The van der Waals surface area contributed by atoms with Gasteiger partial charge in [-0.1, -0.05) is 22.0 Å². The first-order chi connectivity index (χ1) is 9.20. The van der Waals surface area contributed by atoms with Gasteiger partial charge in [-0.2, -0.15) is 0 Å². The molecule has 1 N–H and O–H groups in total. The predicted octanol–water partition coefficient (Wildman–Crippen LogP) is 1.29. The molecule has 2 aliphatic heterocycles. The van der Waals surface area contributed by atoms with Crippen LogP contribution in [0.4, 0.5) is 0 Å². The summed E-state index contributed by atoms with van der Waals surface area (Å²) in [7, 11) is 1.64. The van der Waals surface area contributed by atoms with E-state index in [-0.39, 0.29) is 18.1 Å². The number of nitrogens with one attached hydrogen (secondary N) is 1. The minimum atomic E-state index is -0.188. The van der Waals surface area contributed by atoms with Crippen molar-refractivity contribution < 1.29 is 14.3 Å². The Labute approximate surface area is 120 Å². The maximum absolute atomic E-state index is 12.0. The zero-order valence-electron chi connectivity index (χ0n) is 10.6. The summed E-state index contributed by atoms with van der Waals surface area (Å²) in [4.78, 5) is 14.1. The molecule has 0 aromatic heterocycles.